The van der Waals surface area contributed by atoms with Crippen molar-refractivity contribution in [3.05, 3.63) is 70.3 Å². The number of ether oxygens (including phenoxy) is 2. The van der Waals surface area contributed by atoms with Gasteiger partial charge in [-0.1, -0.05) is 36.7 Å². The first kappa shape index (κ1) is 33.2. The lowest BCUT2D eigenvalue weighted by molar-refractivity contribution is -0.136. The van der Waals surface area contributed by atoms with Crippen molar-refractivity contribution in [1.82, 2.24) is 4.72 Å². The predicted octanol–water partition coefficient (Wildman–Crippen LogP) is 6.83. The topological polar surface area (TPSA) is 84.9 Å². The summed E-state index contributed by atoms with van der Waals surface area (Å²) in [6.07, 6.45) is 1.78. The Labute approximate surface area is 273 Å². The van der Waals surface area contributed by atoms with Gasteiger partial charge in [0.2, 0.25) is 10.0 Å². The third-order valence-corrected chi connectivity index (χ3v) is 12.6. The molecule has 1 spiro atoms. The van der Waals surface area contributed by atoms with Crippen LogP contribution in [0.2, 0.25) is 5.02 Å². The first-order valence-electron chi connectivity index (χ1n) is 15.9. The maximum absolute atomic E-state index is 13.6. The van der Waals surface area contributed by atoms with Gasteiger partial charge in [-0.15, -0.1) is 0 Å². The second-order valence-electron chi connectivity index (χ2n) is 13.5. The molecule has 4 aliphatic rings. The van der Waals surface area contributed by atoms with Gasteiger partial charge in [0.25, 0.3) is 5.91 Å². The molecule has 1 fully saturated rings. The summed E-state index contributed by atoms with van der Waals surface area (Å²) >= 11 is 6.38. The number of anilines is 1. The zero-order chi connectivity index (χ0) is 32.9. The standard InChI is InChI=1S/C34H40ClF3N2O5S/c1-21-5-3-7-29(44-2)26-11-8-24(26)18-40-19-33(14-4-6-22-15-25(35)10-12-27(22)33)20-45-30-13-9-23(16-28(30)40)32(41)39-46(42,43)31(21)17-34(36,37)38/h3,7,9-10,12-13,15-16,21,24,26,29,31H,4-6,8,11,14,17-20H2,1-2H3,(H,39,41)/b7-3-/t21-,24-,26+,29-,31+,33-/m0/s1. The van der Waals surface area contributed by atoms with E-state index >= 15 is 0 Å². The number of fused-ring (bicyclic) bond motifs is 4. The number of methoxy groups -OCH3 is 1. The lowest BCUT2D eigenvalue weighted by atomic mass is 9.68. The van der Waals surface area contributed by atoms with Gasteiger partial charge in [-0.25, -0.2) is 13.1 Å². The van der Waals surface area contributed by atoms with E-state index in [9.17, 15) is 26.4 Å². The summed E-state index contributed by atoms with van der Waals surface area (Å²) in [5, 5.41) is -1.17. The van der Waals surface area contributed by atoms with Crippen molar-refractivity contribution in [2.45, 2.75) is 74.8 Å². The summed E-state index contributed by atoms with van der Waals surface area (Å²) in [7, 11) is -3.08. The SMILES string of the molecule is CO[C@H]1/C=C\C[C@H](C)[C@@H](CC(F)(F)F)S(=O)(=O)NC(=O)c2ccc3c(c2)N(C[C@@H]2CC[C@H]21)C[C@@]1(CCCc2cc(Cl)ccc21)CO3. The number of hydrogen-bond donors (Lipinski definition) is 1. The Hall–Kier alpha value is -2.76. The molecule has 1 amide bonds. The summed E-state index contributed by atoms with van der Waals surface area (Å²) < 4.78 is 82.0. The van der Waals surface area contributed by atoms with E-state index in [1.165, 1.54) is 24.1 Å². The fourth-order valence-electron chi connectivity index (χ4n) is 7.88. The molecule has 2 aromatic carbocycles. The number of hydrogen-bond acceptors (Lipinski definition) is 6. The van der Waals surface area contributed by atoms with Crippen molar-refractivity contribution in [3.8, 4) is 5.75 Å². The molecule has 0 unspecified atom stereocenters. The summed E-state index contributed by atoms with van der Waals surface area (Å²) in [5.41, 5.74) is 2.74. The summed E-state index contributed by atoms with van der Waals surface area (Å²) in [6, 6.07) is 10.8. The van der Waals surface area contributed by atoms with Crippen LogP contribution < -0.4 is 14.4 Å². The molecule has 12 heteroatoms. The van der Waals surface area contributed by atoms with Gasteiger partial charge >= 0.3 is 6.18 Å². The van der Waals surface area contributed by atoms with Crippen LogP contribution in [-0.4, -0.2) is 58.7 Å². The van der Waals surface area contributed by atoms with Gasteiger partial charge in [0.05, 0.1) is 30.1 Å². The quantitative estimate of drug-likeness (QED) is 0.350. The summed E-state index contributed by atoms with van der Waals surface area (Å²) in [6.45, 7) is 3.17. The monoisotopic (exact) mass is 680 g/mol. The zero-order valence-corrected chi connectivity index (χ0v) is 27.6. The number of sulfonamides is 1. The number of carbonyl (C=O) groups excluding carboxylic acids is 1. The maximum atomic E-state index is 13.6. The van der Waals surface area contributed by atoms with Crippen molar-refractivity contribution in [1.29, 1.82) is 0 Å². The van der Waals surface area contributed by atoms with E-state index in [0.717, 1.165) is 32.1 Å². The van der Waals surface area contributed by atoms with Crippen LogP contribution in [0.5, 0.6) is 5.75 Å². The molecular formula is C34H40ClF3N2O5S. The molecule has 6 atom stereocenters. The van der Waals surface area contributed by atoms with Crippen LogP contribution in [0.3, 0.4) is 0 Å². The second kappa shape index (κ2) is 12.7. The molecular weight excluding hydrogens is 641 g/mol. The van der Waals surface area contributed by atoms with Crippen LogP contribution in [0.15, 0.2) is 48.6 Å². The van der Waals surface area contributed by atoms with Crippen LogP contribution in [0.1, 0.15) is 66.9 Å². The minimum Gasteiger partial charge on any atom is -0.490 e. The third kappa shape index (κ3) is 6.65. The van der Waals surface area contributed by atoms with Gasteiger partial charge in [-0.2, -0.15) is 13.2 Å². The van der Waals surface area contributed by atoms with Gasteiger partial charge in [0.15, 0.2) is 0 Å². The van der Waals surface area contributed by atoms with Crippen molar-refractivity contribution in [2.24, 2.45) is 17.8 Å². The molecule has 0 aromatic heterocycles. The molecule has 2 aliphatic heterocycles. The molecule has 6 rings (SSSR count). The minimum absolute atomic E-state index is 0.0352. The van der Waals surface area contributed by atoms with Crippen LogP contribution in [-0.2, 0) is 26.6 Å². The van der Waals surface area contributed by atoms with Crippen LogP contribution >= 0.6 is 11.6 Å². The average molecular weight is 681 g/mol. The molecule has 2 aliphatic carbocycles. The van der Waals surface area contributed by atoms with E-state index < -0.39 is 39.7 Å². The predicted molar refractivity (Wildman–Crippen MR) is 171 cm³/mol. The highest BCUT2D eigenvalue weighted by Gasteiger charge is 2.45. The van der Waals surface area contributed by atoms with Gasteiger partial charge in [0, 0.05) is 36.2 Å². The number of aryl methyl sites for hydroxylation is 1. The van der Waals surface area contributed by atoms with Crippen LogP contribution in [0, 0.1) is 17.8 Å². The Balaban J connectivity index is 1.43. The first-order valence-corrected chi connectivity index (χ1v) is 17.8. The number of halogens is 4. The third-order valence-electron chi connectivity index (χ3n) is 10.5. The van der Waals surface area contributed by atoms with Gasteiger partial charge < -0.3 is 14.4 Å². The molecule has 1 saturated carbocycles. The number of benzene rings is 2. The van der Waals surface area contributed by atoms with Gasteiger partial charge in [-0.3, -0.25) is 4.79 Å². The van der Waals surface area contributed by atoms with E-state index in [1.807, 2.05) is 22.9 Å². The van der Waals surface area contributed by atoms with Crippen LogP contribution in [0.25, 0.3) is 0 Å². The van der Waals surface area contributed by atoms with Crippen molar-refractivity contribution in [3.63, 3.8) is 0 Å². The minimum atomic E-state index is -4.74. The Morgan fingerprint density at radius 1 is 1.17 bits per heavy atom. The van der Waals surface area contributed by atoms with Crippen LogP contribution in [0.4, 0.5) is 18.9 Å². The molecule has 2 aromatic rings. The Morgan fingerprint density at radius 2 is 1.98 bits per heavy atom. The number of amides is 1. The molecule has 1 N–H and O–H groups in total. The summed E-state index contributed by atoms with van der Waals surface area (Å²) in [4.78, 5) is 15.7. The highest BCUT2D eigenvalue weighted by Crippen LogP contribution is 2.47. The molecule has 0 radical (unpaired) electrons. The van der Waals surface area contributed by atoms with E-state index in [2.05, 4.69) is 11.0 Å². The number of carbonyl (C=O) groups is 1. The molecule has 0 saturated heterocycles. The van der Waals surface area contributed by atoms with Gasteiger partial charge in [-0.05, 0) is 97.7 Å². The number of nitrogens with one attached hydrogen (secondary N) is 1. The number of rotatable bonds is 2. The molecule has 250 valence electrons. The molecule has 2 bridgehead atoms. The fraction of sp³-hybridized carbons (Fsp3) is 0.559. The highest BCUT2D eigenvalue weighted by atomic mass is 35.5. The number of allylic oxidation sites excluding steroid dienone is 1. The number of nitrogens with zero attached hydrogens (tertiary/aromatic N) is 1. The fourth-order valence-corrected chi connectivity index (χ4v) is 9.73. The summed E-state index contributed by atoms with van der Waals surface area (Å²) in [5.74, 6) is -0.881. The molecule has 2 heterocycles. The molecule has 7 nitrogen and oxygen atoms in total. The van der Waals surface area contributed by atoms with Crippen molar-refractivity contribution in [2.75, 3.05) is 31.7 Å². The van der Waals surface area contributed by atoms with Crippen molar-refractivity contribution >= 4 is 33.2 Å². The lowest BCUT2D eigenvalue weighted by Gasteiger charge is -2.46. The normalized spacial score (nSPS) is 31.8. The highest BCUT2D eigenvalue weighted by molar-refractivity contribution is 7.90. The van der Waals surface area contributed by atoms with E-state index in [4.69, 9.17) is 21.1 Å². The Morgan fingerprint density at radius 3 is 2.70 bits per heavy atom. The Bertz CT molecular complexity index is 1620. The van der Waals surface area contributed by atoms with E-state index in [0.29, 0.717) is 36.2 Å². The molecule has 46 heavy (non-hydrogen) atoms. The van der Waals surface area contributed by atoms with Gasteiger partial charge in [0.1, 0.15) is 5.75 Å². The van der Waals surface area contributed by atoms with E-state index in [-0.39, 0.29) is 35.3 Å². The number of alkyl halides is 3. The first-order chi connectivity index (χ1) is 21.8. The second-order valence-corrected chi connectivity index (χ2v) is 15.8. The average Bonchev–Trinajstić information content (AvgIpc) is 3.13. The maximum Gasteiger partial charge on any atom is 0.390 e. The van der Waals surface area contributed by atoms with Crippen molar-refractivity contribution < 1.29 is 35.9 Å². The Kier molecular flexibility index (Phi) is 9.15. The smallest absolute Gasteiger partial charge is 0.390 e. The largest absolute Gasteiger partial charge is 0.490 e. The lowest BCUT2D eigenvalue weighted by Crippen LogP contribution is -2.49. The van der Waals surface area contributed by atoms with E-state index in [1.54, 1.807) is 25.3 Å². The zero-order valence-electron chi connectivity index (χ0n) is 26.0.